The first-order chi connectivity index (χ1) is 9.12. The summed E-state index contributed by atoms with van der Waals surface area (Å²) in [6.45, 7) is 4.38. The van der Waals surface area contributed by atoms with Crippen molar-refractivity contribution in [2.75, 3.05) is 13.1 Å². The monoisotopic (exact) mass is 302 g/mol. The highest BCUT2D eigenvalue weighted by atomic mass is 32.2. The molecule has 1 fully saturated rings. The van der Waals surface area contributed by atoms with Crippen molar-refractivity contribution in [1.82, 2.24) is 10.0 Å². The standard InChI is InChI=1S/C13H22N2O2S2/c1-2-8-14-10-12-5-6-13(18-12)19(16,17)15-9-7-11-3-4-11/h5-6,11,14-15H,2-4,7-10H2,1H3. The van der Waals surface area contributed by atoms with E-state index in [9.17, 15) is 8.42 Å². The molecule has 0 atom stereocenters. The number of rotatable bonds is 9. The topological polar surface area (TPSA) is 58.2 Å². The fraction of sp³-hybridized carbons (Fsp3) is 0.692. The Morgan fingerprint density at radius 3 is 2.79 bits per heavy atom. The molecule has 6 heteroatoms. The lowest BCUT2D eigenvalue weighted by molar-refractivity contribution is 0.577. The van der Waals surface area contributed by atoms with Crippen LogP contribution in [0.25, 0.3) is 0 Å². The molecule has 1 aliphatic carbocycles. The number of hydrogen-bond donors (Lipinski definition) is 2. The van der Waals surface area contributed by atoms with Crippen LogP contribution in [0.4, 0.5) is 0 Å². The van der Waals surface area contributed by atoms with Gasteiger partial charge in [-0.3, -0.25) is 0 Å². The summed E-state index contributed by atoms with van der Waals surface area (Å²) >= 11 is 1.35. The third-order valence-electron chi connectivity index (χ3n) is 3.17. The third-order valence-corrected chi connectivity index (χ3v) is 6.21. The van der Waals surface area contributed by atoms with Crippen LogP contribution in [0.5, 0.6) is 0 Å². The summed E-state index contributed by atoms with van der Waals surface area (Å²) in [6, 6.07) is 3.59. The van der Waals surface area contributed by atoms with E-state index in [2.05, 4.69) is 17.0 Å². The first-order valence-corrected chi connectivity index (χ1v) is 9.21. The Balaban J connectivity index is 1.84. The van der Waals surface area contributed by atoms with Gasteiger partial charge in [-0.05, 0) is 37.4 Å². The fourth-order valence-electron chi connectivity index (χ4n) is 1.86. The van der Waals surface area contributed by atoms with E-state index in [1.165, 1.54) is 24.2 Å². The van der Waals surface area contributed by atoms with E-state index in [-0.39, 0.29) is 0 Å². The molecule has 1 aromatic heterocycles. The second kappa shape index (κ2) is 6.83. The van der Waals surface area contributed by atoms with Crippen LogP contribution < -0.4 is 10.0 Å². The van der Waals surface area contributed by atoms with E-state index in [0.29, 0.717) is 10.8 Å². The van der Waals surface area contributed by atoms with Crippen LogP contribution in [0.3, 0.4) is 0 Å². The van der Waals surface area contributed by atoms with Crippen LogP contribution in [-0.2, 0) is 16.6 Å². The van der Waals surface area contributed by atoms with Gasteiger partial charge in [-0.1, -0.05) is 19.8 Å². The Hall–Kier alpha value is -0.430. The molecule has 1 aliphatic rings. The third kappa shape index (κ3) is 4.87. The van der Waals surface area contributed by atoms with E-state index in [0.717, 1.165) is 36.7 Å². The first-order valence-electron chi connectivity index (χ1n) is 6.91. The molecule has 1 aromatic rings. The molecule has 0 radical (unpaired) electrons. The van der Waals surface area contributed by atoms with Crippen molar-refractivity contribution >= 4 is 21.4 Å². The molecule has 0 amide bonds. The lowest BCUT2D eigenvalue weighted by atomic mass is 10.3. The summed E-state index contributed by atoms with van der Waals surface area (Å²) in [7, 11) is -3.30. The normalized spacial score (nSPS) is 15.8. The van der Waals surface area contributed by atoms with E-state index in [4.69, 9.17) is 0 Å². The van der Waals surface area contributed by atoms with Gasteiger partial charge in [0.2, 0.25) is 10.0 Å². The molecular weight excluding hydrogens is 280 g/mol. The maximum atomic E-state index is 12.1. The minimum Gasteiger partial charge on any atom is -0.312 e. The van der Waals surface area contributed by atoms with Crippen LogP contribution >= 0.6 is 11.3 Å². The van der Waals surface area contributed by atoms with Crippen molar-refractivity contribution in [1.29, 1.82) is 0 Å². The lowest BCUT2D eigenvalue weighted by Gasteiger charge is -2.03. The van der Waals surface area contributed by atoms with Crippen LogP contribution in [-0.4, -0.2) is 21.5 Å². The van der Waals surface area contributed by atoms with E-state index in [1.54, 1.807) is 6.07 Å². The largest absolute Gasteiger partial charge is 0.312 e. The predicted octanol–water partition coefficient (Wildman–Crippen LogP) is 2.33. The molecule has 1 saturated carbocycles. The Morgan fingerprint density at radius 2 is 2.11 bits per heavy atom. The van der Waals surface area contributed by atoms with Gasteiger partial charge in [-0.15, -0.1) is 11.3 Å². The fourth-order valence-corrected chi connectivity index (χ4v) is 4.28. The van der Waals surface area contributed by atoms with Crippen LogP contribution in [0.1, 0.15) is 37.5 Å². The summed E-state index contributed by atoms with van der Waals surface area (Å²) < 4.78 is 27.2. The highest BCUT2D eigenvalue weighted by Gasteiger charge is 2.22. The SMILES string of the molecule is CCCNCc1ccc(S(=O)(=O)NCCC2CC2)s1. The highest BCUT2D eigenvalue weighted by Crippen LogP contribution is 2.32. The molecule has 4 nitrogen and oxygen atoms in total. The maximum absolute atomic E-state index is 12.1. The number of sulfonamides is 1. The second-order valence-corrected chi connectivity index (χ2v) is 8.19. The van der Waals surface area contributed by atoms with Crippen molar-refractivity contribution in [3.8, 4) is 0 Å². The zero-order valence-corrected chi connectivity index (χ0v) is 12.9. The van der Waals surface area contributed by atoms with Crippen molar-refractivity contribution in [2.45, 2.75) is 43.4 Å². The summed E-state index contributed by atoms with van der Waals surface area (Å²) in [5, 5.41) is 3.28. The first kappa shape index (κ1) is 15.0. The minimum atomic E-state index is -3.30. The Morgan fingerprint density at radius 1 is 1.32 bits per heavy atom. The Bertz CT molecular complexity index is 492. The van der Waals surface area contributed by atoms with Gasteiger partial charge in [0.1, 0.15) is 4.21 Å². The van der Waals surface area contributed by atoms with Crippen molar-refractivity contribution in [3.05, 3.63) is 17.0 Å². The van der Waals surface area contributed by atoms with Gasteiger partial charge in [-0.25, -0.2) is 13.1 Å². The van der Waals surface area contributed by atoms with Gasteiger partial charge in [0.05, 0.1) is 0 Å². The summed E-state index contributed by atoms with van der Waals surface area (Å²) in [5.74, 6) is 0.750. The molecule has 0 spiro atoms. The van der Waals surface area contributed by atoms with E-state index >= 15 is 0 Å². The molecule has 0 aromatic carbocycles. The summed E-state index contributed by atoms with van der Waals surface area (Å²) in [4.78, 5) is 1.07. The van der Waals surface area contributed by atoms with Crippen LogP contribution in [0.2, 0.25) is 0 Å². The van der Waals surface area contributed by atoms with Gasteiger partial charge in [-0.2, -0.15) is 0 Å². The molecule has 19 heavy (non-hydrogen) atoms. The van der Waals surface area contributed by atoms with Crippen molar-refractivity contribution in [2.24, 2.45) is 5.92 Å². The quantitative estimate of drug-likeness (QED) is 0.688. The van der Waals surface area contributed by atoms with Gasteiger partial charge in [0.15, 0.2) is 0 Å². The second-order valence-electron chi connectivity index (χ2n) is 5.03. The van der Waals surface area contributed by atoms with Gasteiger partial charge in [0.25, 0.3) is 0 Å². The molecule has 2 N–H and O–H groups in total. The lowest BCUT2D eigenvalue weighted by Crippen LogP contribution is -2.24. The predicted molar refractivity (Wildman–Crippen MR) is 78.8 cm³/mol. The smallest absolute Gasteiger partial charge is 0.250 e. The average molecular weight is 302 g/mol. The summed E-state index contributed by atoms with van der Waals surface area (Å²) in [5.41, 5.74) is 0. The van der Waals surface area contributed by atoms with E-state index in [1.807, 2.05) is 6.07 Å². The zero-order valence-electron chi connectivity index (χ0n) is 11.3. The molecule has 2 rings (SSSR count). The molecule has 0 unspecified atom stereocenters. The number of thiophene rings is 1. The van der Waals surface area contributed by atoms with Crippen LogP contribution in [0.15, 0.2) is 16.3 Å². The molecular formula is C13H22N2O2S2. The number of nitrogens with one attached hydrogen (secondary N) is 2. The molecule has 0 bridgehead atoms. The molecule has 1 heterocycles. The Kier molecular flexibility index (Phi) is 5.38. The van der Waals surface area contributed by atoms with E-state index < -0.39 is 10.0 Å². The minimum absolute atomic E-state index is 0.427. The van der Waals surface area contributed by atoms with Crippen LogP contribution in [0, 0.1) is 5.92 Å². The summed E-state index contributed by atoms with van der Waals surface area (Å²) in [6.07, 6.45) is 4.57. The van der Waals surface area contributed by atoms with Crippen molar-refractivity contribution < 1.29 is 8.42 Å². The van der Waals surface area contributed by atoms with Gasteiger partial charge < -0.3 is 5.32 Å². The Labute approximate surface area is 119 Å². The van der Waals surface area contributed by atoms with Crippen molar-refractivity contribution in [3.63, 3.8) is 0 Å². The average Bonchev–Trinajstić information content (AvgIpc) is 3.05. The molecule has 108 valence electrons. The highest BCUT2D eigenvalue weighted by molar-refractivity contribution is 7.91. The maximum Gasteiger partial charge on any atom is 0.250 e. The molecule has 0 saturated heterocycles. The number of hydrogen-bond acceptors (Lipinski definition) is 4. The zero-order chi connectivity index (χ0) is 13.7. The molecule has 0 aliphatic heterocycles. The van der Waals surface area contributed by atoms with Gasteiger partial charge >= 0.3 is 0 Å². The van der Waals surface area contributed by atoms with Gasteiger partial charge in [0, 0.05) is 18.0 Å².